The second-order valence-electron chi connectivity index (χ2n) is 10.6. The Morgan fingerprint density at radius 3 is 1.29 bits per heavy atom. The Balaban J connectivity index is 2.49. The predicted octanol–water partition coefficient (Wildman–Crippen LogP) is 10.1. The molecule has 0 fully saturated rings. The number of hydrogen-bond donors (Lipinski definition) is 0. The summed E-state index contributed by atoms with van der Waals surface area (Å²) in [5.41, 5.74) is 4.07. The summed E-state index contributed by atoms with van der Waals surface area (Å²) in [5, 5.41) is 0. The van der Waals surface area contributed by atoms with Gasteiger partial charge in [0.1, 0.15) is 0 Å². The van der Waals surface area contributed by atoms with Crippen LogP contribution in [0.15, 0.2) is 85.0 Å². The van der Waals surface area contributed by atoms with Crippen molar-refractivity contribution >= 4 is 0 Å². The molecule has 0 bridgehead atoms. The Bertz CT molecular complexity index is 794. The van der Waals surface area contributed by atoms with Crippen LogP contribution in [0.4, 0.5) is 0 Å². The summed E-state index contributed by atoms with van der Waals surface area (Å²) < 4.78 is 7.52. The van der Waals surface area contributed by atoms with Gasteiger partial charge in [0.2, 0.25) is 0 Å². The third-order valence-electron chi connectivity index (χ3n) is 7.48. The standard InChI is InChI=1S/C34H50O/c1-7-9-11-19-25-33(29(3)4,27-31-21-15-13-16-22-31)35-34(30(5)6,26-20-12-10-8-2)28-32-23-17-14-18-24-32/h13-18,21-24H,3,5,7-12,19-20,25-28H2,1-2,4,6H3. The van der Waals surface area contributed by atoms with E-state index in [4.69, 9.17) is 4.74 Å². The van der Waals surface area contributed by atoms with E-state index in [1.165, 1.54) is 49.7 Å². The van der Waals surface area contributed by atoms with Crippen molar-refractivity contribution in [3.05, 3.63) is 96.1 Å². The van der Waals surface area contributed by atoms with Crippen molar-refractivity contribution in [1.29, 1.82) is 0 Å². The fraction of sp³-hybridized carbons (Fsp3) is 0.529. The molecule has 35 heavy (non-hydrogen) atoms. The predicted molar refractivity (Wildman–Crippen MR) is 154 cm³/mol. The molecule has 0 saturated carbocycles. The van der Waals surface area contributed by atoms with Gasteiger partial charge in [0.15, 0.2) is 0 Å². The molecular formula is C34H50O. The fourth-order valence-corrected chi connectivity index (χ4v) is 5.15. The van der Waals surface area contributed by atoms with Gasteiger partial charge in [-0.25, -0.2) is 0 Å². The smallest absolute Gasteiger partial charge is 0.0938 e. The fourth-order valence-electron chi connectivity index (χ4n) is 5.15. The normalized spacial score (nSPS) is 14.7. The SMILES string of the molecule is C=C(C)C(CCCCCC)(Cc1ccccc1)OC(CCCCCC)(Cc1ccccc1)C(=C)C. The zero-order chi connectivity index (χ0) is 25.6. The maximum Gasteiger partial charge on any atom is 0.0938 e. The molecule has 1 heteroatoms. The Labute approximate surface area is 216 Å². The van der Waals surface area contributed by atoms with E-state index in [1.807, 2.05) is 0 Å². The number of unbranched alkanes of at least 4 members (excludes halogenated alkanes) is 6. The molecule has 0 aliphatic carbocycles. The van der Waals surface area contributed by atoms with Gasteiger partial charge < -0.3 is 4.74 Å². The second kappa shape index (κ2) is 15.1. The molecule has 0 N–H and O–H groups in total. The molecule has 2 aromatic carbocycles. The van der Waals surface area contributed by atoms with E-state index in [0.717, 1.165) is 49.7 Å². The zero-order valence-corrected chi connectivity index (χ0v) is 23.1. The minimum Gasteiger partial charge on any atom is -0.359 e. The van der Waals surface area contributed by atoms with Crippen LogP contribution >= 0.6 is 0 Å². The minimum atomic E-state index is -0.409. The third kappa shape index (κ3) is 9.12. The number of rotatable bonds is 18. The van der Waals surface area contributed by atoms with Crippen LogP contribution in [0.25, 0.3) is 0 Å². The Morgan fingerprint density at radius 2 is 0.971 bits per heavy atom. The number of hydrogen-bond acceptors (Lipinski definition) is 1. The van der Waals surface area contributed by atoms with E-state index in [2.05, 4.69) is 102 Å². The van der Waals surface area contributed by atoms with Gasteiger partial charge >= 0.3 is 0 Å². The lowest BCUT2D eigenvalue weighted by atomic mass is 9.78. The van der Waals surface area contributed by atoms with Crippen LogP contribution in [-0.2, 0) is 17.6 Å². The van der Waals surface area contributed by atoms with Gasteiger partial charge in [-0.2, -0.15) is 0 Å². The molecule has 0 aromatic heterocycles. The Hall–Kier alpha value is -2.12. The van der Waals surface area contributed by atoms with Crippen molar-refractivity contribution in [2.75, 3.05) is 0 Å². The lowest BCUT2D eigenvalue weighted by Crippen LogP contribution is -2.49. The maximum absolute atomic E-state index is 7.52. The van der Waals surface area contributed by atoms with Crippen LogP contribution in [0.2, 0.25) is 0 Å². The Morgan fingerprint density at radius 1 is 0.600 bits per heavy atom. The van der Waals surface area contributed by atoms with E-state index in [0.29, 0.717) is 0 Å². The molecule has 0 spiro atoms. The van der Waals surface area contributed by atoms with Gasteiger partial charge in [0.25, 0.3) is 0 Å². The van der Waals surface area contributed by atoms with Crippen LogP contribution in [0.5, 0.6) is 0 Å². The molecule has 0 radical (unpaired) electrons. The van der Waals surface area contributed by atoms with Gasteiger partial charge in [0.05, 0.1) is 11.2 Å². The first kappa shape index (κ1) is 29.1. The highest BCUT2D eigenvalue weighted by Gasteiger charge is 2.43. The van der Waals surface area contributed by atoms with E-state index < -0.39 is 11.2 Å². The highest BCUT2D eigenvalue weighted by Crippen LogP contribution is 2.42. The molecule has 1 nitrogen and oxygen atoms in total. The van der Waals surface area contributed by atoms with Gasteiger partial charge in [-0.3, -0.25) is 0 Å². The summed E-state index contributed by atoms with van der Waals surface area (Å²) in [5.74, 6) is 0. The lowest BCUT2D eigenvalue weighted by molar-refractivity contribution is -0.128. The summed E-state index contributed by atoms with van der Waals surface area (Å²) in [4.78, 5) is 0. The van der Waals surface area contributed by atoms with Crippen LogP contribution in [0, 0.1) is 0 Å². The van der Waals surface area contributed by atoms with Crippen molar-refractivity contribution in [3.8, 4) is 0 Å². The first-order chi connectivity index (χ1) is 16.9. The molecule has 0 heterocycles. The summed E-state index contributed by atoms with van der Waals surface area (Å²) in [6, 6.07) is 21.6. The van der Waals surface area contributed by atoms with Crippen LogP contribution in [-0.4, -0.2) is 11.2 Å². The third-order valence-corrected chi connectivity index (χ3v) is 7.48. The topological polar surface area (TPSA) is 9.23 Å². The van der Waals surface area contributed by atoms with Crippen molar-refractivity contribution < 1.29 is 4.74 Å². The van der Waals surface area contributed by atoms with E-state index in [9.17, 15) is 0 Å². The molecule has 0 aliphatic rings. The highest BCUT2D eigenvalue weighted by molar-refractivity contribution is 5.27. The quantitative estimate of drug-likeness (QED) is 0.154. The van der Waals surface area contributed by atoms with Gasteiger partial charge in [-0.05, 0) is 49.0 Å². The highest BCUT2D eigenvalue weighted by atomic mass is 16.5. The van der Waals surface area contributed by atoms with E-state index >= 15 is 0 Å². The number of benzene rings is 2. The molecule has 2 aromatic rings. The van der Waals surface area contributed by atoms with E-state index in [1.54, 1.807) is 0 Å². The summed E-state index contributed by atoms with van der Waals surface area (Å²) in [7, 11) is 0. The first-order valence-electron chi connectivity index (χ1n) is 14.0. The molecule has 0 aliphatic heterocycles. The van der Waals surface area contributed by atoms with Crippen molar-refractivity contribution in [1.82, 2.24) is 0 Å². The van der Waals surface area contributed by atoms with Gasteiger partial charge in [0, 0.05) is 12.8 Å². The van der Waals surface area contributed by atoms with Crippen molar-refractivity contribution in [3.63, 3.8) is 0 Å². The second-order valence-corrected chi connectivity index (χ2v) is 10.6. The van der Waals surface area contributed by atoms with Crippen LogP contribution < -0.4 is 0 Å². The first-order valence-corrected chi connectivity index (χ1v) is 14.0. The van der Waals surface area contributed by atoms with Crippen molar-refractivity contribution in [2.45, 2.75) is 116 Å². The maximum atomic E-state index is 7.52. The largest absolute Gasteiger partial charge is 0.359 e. The van der Waals surface area contributed by atoms with Crippen LogP contribution in [0.3, 0.4) is 0 Å². The van der Waals surface area contributed by atoms with Crippen molar-refractivity contribution in [2.24, 2.45) is 0 Å². The lowest BCUT2D eigenvalue weighted by Gasteiger charge is -2.46. The average molecular weight is 475 g/mol. The molecule has 0 amide bonds. The van der Waals surface area contributed by atoms with E-state index in [-0.39, 0.29) is 0 Å². The summed E-state index contributed by atoms with van der Waals surface area (Å²) >= 11 is 0. The zero-order valence-electron chi connectivity index (χ0n) is 23.1. The monoisotopic (exact) mass is 474 g/mol. The number of ether oxygens (including phenoxy) is 1. The average Bonchev–Trinajstić information content (AvgIpc) is 2.85. The molecule has 192 valence electrons. The summed E-state index contributed by atoms with van der Waals surface area (Å²) in [6.45, 7) is 17.9. The molecular weight excluding hydrogens is 424 g/mol. The minimum absolute atomic E-state index is 0.409. The molecule has 2 atom stereocenters. The molecule has 2 rings (SSSR count). The van der Waals surface area contributed by atoms with Crippen LogP contribution in [0.1, 0.15) is 103 Å². The molecule has 0 saturated heterocycles. The van der Waals surface area contributed by atoms with Gasteiger partial charge in [-0.15, -0.1) is 0 Å². The molecule has 2 unspecified atom stereocenters. The summed E-state index contributed by atoms with van der Waals surface area (Å²) in [6.07, 6.45) is 13.5. The Kier molecular flexibility index (Phi) is 12.6. The van der Waals surface area contributed by atoms with Gasteiger partial charge in [-0.1, -0.05) is 139 Å².